The normalized spacial score (nSPS) is 16.4. The summed E-state index contributed by atoms with van der Waals surface area (Å²) in [6, 6.07) is 11.7. The summed E-state index contributed by atoms with van der Waals surface area (Å²) >= 11 is 5.99. The Bertz CT molecular complexity index is 868. The van der Waals surface area contributed by atoms with Crippen molar-refractivity contribution < 1.29 is 0 Å². The van der Waals surface area contributed by atoms with Crippen molar-refractivity contribution in [1.82, 2.24) is 19.7 Å². The van der Waals surface area contributed by atoms with Gasteiger partial charge in [0.1, 0.15) is 11.9 Å². The highest BCUT2D eigenvalue weighted by molar-refractivity contribution is 6.30. The second-order valence-electron chi connectivity index (χ2n) is 5.36. The number of aromatic nitrogens is 4. The van der Waals surface area contributed by atoms with Crippen molar-refractivity contribution in [1.29, 1.82) is 0 Å². The van der Waals surface area contributed by atoms with Crippen molar-refractivity contribution >= 4 is 23.2 Å². The first-order chi connectivity index (χ1) is 11.2. The van der Waals surface area contributed by atoms with Crippen LogP contribution in [0.25, 0.3) is 5.70 Å². The van der Waals surface area contributed by atoms with Gasteiger partial charge in [-0.2, -0.15) is 10.1 Å². The SMILES string of the molecule is Cc1nc2n(n1)[C@@H](c1ccncc1)C=C(c1ccc(Cl)cc1)N2. The van der Waals surface area contributed by atoms with E-state index in [-0.39, 0.29) is 6.04 Å². The van der Waals surface area contributed by atoms with Gasteiger partial charge in [-0.25, -0.2) is 4.68 Å². The zero-order valence-corrected chi connectivity index (χ0v) is 13.2. The zero-order valence-electron chi connectivity index (χ0n) is 12.4. The summed E-state index contributed by atoms with van der Waals surface area (Å²) in [5.41, 5.74) is 3.16. The lowest BCUT2D eigenvalue weighted by molar-refractivity contribution is 0.607. The topological polar surface area (TPSA) is 55.6 Å². The second-order valence-corrected chi connectivity index (χ2v) is 5.80. The molecule has 6 heteroatoms. The fourth-order valence-electron chi connectivity index (χ4n) is 2.70. The Morgan fingerprint density at radius 2 is 1.83 bits per heavy atom. The summed E-state index contributed by atoms with van der Waals surface area (Å²) in [6.07, 6.45) is 5.72. The molecule has 3 aromatic rings. The highest BCUT2D eigenvalue weighted by atomic mass is 35.5. The molecule has 0 spiro atoms. The molecule has 1 atom stereocenters. The van der Waals surface area contributed by atoms with Gasteiger partial charge < -0.3 is 5.32 Å². The van der Waals surface area contributed by atoms with E-state index < -0.39 is 0 Å². The molecule has 1 aliphatic rings. The van der Waals surface area contributed by atoms with E-state index in [0.717, 1.165) is 33.6 Å². The minimum atomic E-state index is -0.0267. The number of anilines is 1. The van der Waals surface area contributed by atoms with Crippen molar-refractivity contribution in [3.63, 3.8) is 0 Å². The maximum absolute atomic E-state index is 5.99. The van der Waals surface area contributed by atoms with Gasteiger partial charge in [-0.3, -0.25) is 4.98 Å². The molecule has 0 amide bonds. The summed E-state index contributed by atoms with van der Waals surface area (Å²) in [6.45, 7) is 1.89. The number of pyridine rings is 1. The fourth-order valence-corrected chi connectivity index (χ4v) is 2.82. The number of hydrogen-bond donors (Lipinski definition) is 1. The number of rotatable bonds is 2. The maximum Gasteiger partial charge on any atom is 0.226 e. The maximum atomic E-state index is 5.99. The van der Waals surface area contributed by atoms with E-state index in [0.29, 0.717) is 0 Å². The molecule has 4 rings (SSSR count). The minimum Gasteiger partial charge on any atom is -0.324 e. The molecule has 0 saturated heterocycles. The van der Waals surface area contributed by atoms with Gasteiger partial charge in [-0.05, 0) is 48.4 Å². The molecule has 2 aromatic heterocycles. The molecule has 0 radical (unpaired) electrons. The Morgan fingerprint density at radius 1 is 1.09 bits per heavy atom. The molecule has 0 fully saturated rings. The summed E-state index contributed by atoms with van der Waals surface area (Å²) < 4.78 is 1.89. The zero-order chi connectivity index (χ0) is 15.8. The van der Waals surface area contributed by atoms with Crippen LogP contribution < -0.4 is 5.32 Å². The molecule has 1 aliphatic heterocycles. The predicted octanol–water partition coefficient (Wildman–Crippen LogP) is 3.69. The minimum absolute atomic E-state index is 0.0267. The van der Waals surface area contributed by atoms with Crippen molar-refractivity contribution in [2.75, 3.05) is 5.32 Å². The van der Waals surface area contributed by atoms with E-state index in [1.54, 1.807) is 12.4 Å². The number of halogens is 1. The molecule has 3 heterocycles. The third-order valence-electron chi connectivity index (χ3n) is 3.77. The second kappa shape index (κ2) is 5.52. The van der Waals surface area contributed by atoms with Crippen LogP contribution in [0.5, 0.6) is 0 Å². The van der Waals surface area contributed by atoms with Crippen LogP contribution >= 0.6 is 11.6 Å². The largest absolute Gasteiger partial charge is 0.324 e. The monoisotopic (exact) mass is 323 g/mol. The lowest BCUT2D eigenvalue weighted by atomic mass is 10.0. The third kappa shape index (κ3) is 2.59. The van der Waals surface area contributed by atoms with Gasteiger partial charge in [-0.1, -0.05) is 23.7 Å². The van der Waals surface area contributed by atoms with Gasteiger partial charge in [0, 0.05) is 23.1 Å². The van der Waals surface area contributed by atoms with Crippen LogP contribution in [-0.4, -0.2) is 19.7 Å². The van der Waals surface area contributed by atoms with E-state index in [1.165, 1.54) is 0 Å². The van der Waals surface area contributed by atoms with Gasteiger partial charge in [0.05, 0.1) is 0 Å². The summed E-state index contributed by atoms with van der Waals surface area (Å²) in [5, 5.41) is 8.57. The average molecular weight is 324 g/mol. The Kier molecular flexibility index (Phi) is 3.35. The number of aryl methyl sites for hydroxylation is 1. The highest BCUT2D eigenvalue weighted by Gasteiger charge is 2.24. The molecule has 0 unspecified atom stereocenters. The third-order valence-corrected chi connectivity index (χ3v) is 4.03. The standard InChI is InChI=1S/C17H14ClN5/c1-11-20-17-21-15(12-2-4-14(18)5-3-12)10-16(23(17)22-11)13-6-8-19-9-7-13/h2-10,16H,1H3,(H,20,21,22)/t16-/m1/s1. The first-order valence-electron chi connectivity index (χ1n) is 7.28. The molecule has 0 bridgehead atoms. The molecule has 114 valence electrons. The van der Waals surface area contributed by atoms with Crippen LogP contribution in [0.2, 0.25) is 5.02 Å². The van der Waals surface area contributed by atoms with Crippen LogP contribution in [0.15, 0.2) is 54.9 Å². The van der Waals surface area contributed by atoms with Gasteiger partial charge in [0.25, 0.3) is 0 Å². The van der Waals surface area contributed by atoms with Gasteiger partial charge in [0.15, 0.2) is 0 Å². The number of nitrogens with zero attached hydrogens (tertiary/aromatic N) is 4. The smallest absolute Gasteiger partial charge is 0.226 e. The predicted molar refractivity (Wildman–Crippen MR) is 90.2 cm³/mol. The molecule has 0 saturated carbocycles. The molecular weight excluding hydrogens is 310 g/mol. The van der Waals surface area contributed by atoms with Gasteiger partial charge in [0.2, 0.25) is 5.95 Å². The molecule has 1 aromatic carbocycles. The van der Waals surface area contributed by atoms with E-state index >= 15 is 0 Å². The van der Waals surface area contributed by atoms with Crippen LogP contribution in [0.3, 0.4) is 0 Å². The lowest BCUT2D eigenvalue weighted by Gasteiger charge is -2.24. The number of benzene rings is 1. The van der Waals surface area contributed by atoms with Crippen LogP contribution in [0, 0.1) is 6.92 Å². The Labute approximate surface area is 138 Å². The molecule has 1 N–H and O–H groups in total. The van der Waals surface area contributed by atoms with Crippen molar-refractivity contribution in [2.24, 2.45) is 0 Å². The Hall–Kier alpha value is -2.66. The average Bonchev–Trinajstić information content (AvgIpc) is 2.95. The van der Waals surface area contributed by atoms with Crippen LogP contribution in [0.4, 0.5) is 5.95 Å². The number of fused-ring (bicyclic) bond motifs is 1. The fraction of sp³-hybridized carbons (Fsp3) is 0.118. The first-order valence-corrected chi connectivity index (χ1v) is 7.66. The van der Waals surface area contributed by atoms with Crippen LogP contribution in [0.1, 0.15) is 23.0 Å². The molecule has 23 heavy (non-hydrogen) atoms. The van der Waals surface area contributed by atoms with Gasteiger partial charge >= 0.3 is 0 Å². The van der Waals surface area contributed by atoms with Gasteiger partial charge in [-0.15, -0.1) is 0 Å². The van der Waals surface area contributed by atoms with Crippen molar-refractivity contribution in [3.05, 3.63) is 76.8 Å². The summed E-state index contributed by atoms with van der Waals surface area (Å²) in [7, 11) is 0. The lowest BCUT2D eigenvalue weighted by Crippen LogP contribution is -2.20. The van der Waals surface area contributed by atoms with E-state index in [1.807, 2.05) is 48.0 Å². The molecule has 0 aliphatic carbocycles. The van der Waals surface area contributed by atoms with E-state index in [4.69, 9.17) is 11.6 Å². The van der Waals surface area contributed by atoms with Crippen LogP contribution in [-0.2, 0) is 0 Å². The van der Waals surface area contributed by atoms with Crippen molar-refractivity contribution in [2.45, 2.75) is 13.0 Å². The molecular formula is C17H14ClN5. The van der Waals surface area contributed by atoms with Crippen molar-refractivity contribution in [3.8, 4) is 0 Å². The number of nitrogens with one attached hydrogen (secondary N) is 1. The van der Waals surface area contributed by atoms with E-state index in [2.05, 4.69) is 26.5 Å². The summed E-state index contributed by atoms with van der Waals surface area (Å²) in [5.74, 6) is 1.47. The Morgan fingerprint density at radius 3 is 2.57 bits per heavy atom. The molecule has 5 nitrogen and oxygen atoms in total. The quantitative estimate of drug-likeness (QED) is 0.781. The number of hydrogen-bond acceptors (Lipinski definition) is 4. The first kappa shape index (κ1) is 14.0. The van der Waals surface area contributed by atoms with E-state index in [9.17, 15) is 0 Å². The highest BCUT2D eigenvalue weighted by Crippen LogP contribution is 2.32. The Balaban J connectivity index is 1.82. The number of allylic oxidation sites excluding steroid dienone is 1. The summed E-state index contributed by atoms with van der Waals surface area (Å²) in [4.78, 5) is 8.57.